The molecule has 2 heterocycles. The standard InChI is InChI=1S/C17H22O3S/c1-12-3-4-13(9-15(12)19-2)16(18)14-5-7-20-17(10-14)6-8-21-11-17/h3-4,9,14H,5-8,10-11H2,1-2H3. The fourth-order valence-corrected chi connectivity index (χ4v) is 4.70. The van der Waals surface area contributed by atoms with Gasteiger partial charge in [0.05, 0.1) is 12.7 Å². The Hall–Kier alpha value is -1.00. The first-order chi connectivity index (χ1) is 10.1. The Kier molecular flexibility index (Phi) is 4.27. The van der Waals surface area contributed by atoms with Crippen molar-refractivity contribution in [2.45, 2.75) is 31.8 Å². The molecule has 1 aromatic rings. The van der Waals surface area contributed by atoms with Gasteiger partial charge in [0, 0.05) is 23.8 Å². The Bertz CT molecular complexity index is 535. The quantitative estimate of drug-likeness (QED) is 0.801. The summed E-state index contributed by atoms with van der Waals surface area (Å²) in [6.07, 6.45) is 2.79. The van der Waals surface area contributed by atoms with Crippen molar-refractivity contribution in [3.8, 4) is 5.75 Å². The number of aryl methyl sites for hydroxylation is 1. The lowest BCUT2D eigenvalue weighted by molar-refractivity contribution is -0.0734. The summed E-state index contributed by atoms with van der Waals surface area (Å²) < 4.78 is 11.3. The molecule has 2 saturated heterocycles. The van der Waals surface area contributed by atoms with E-state index in [9.17, 15) is 4.79 Å². The minimum Gasteiger partial charge on any atom is -0.496 e. The van der Waals surface area contributed by atoms with Crippen molar-refractivity contribution in [1.82, 2.24) is 0 Å². The Morgan fingerprint density at radius 3 is 3.05 bits per heavy atom. The van der Waals surface area contributed by atoms with Crippen molar-refractivity contribution in [3.63, 3.8) is 0 Å². The van der Waals surface area contributed by atoms with Crippen LogP contribution in [-0.2, 0) is 4.74 Å². The molecule has 0 bridgehead atoms. The molecule has 114 valence electrons. The van der Waals surface area contributed by atoms with E-state index in [1.165, 1.54) is 0 Å². The first-order valence-electron chi connectivity index (χ1n) is 7.54. The maximum absolute atomic E-state index is 12.8. The van der Waals surface area contributed by atoms with Gasteiger partial charge in [0.25, 0.3) is 0 Å². The summed E-state index contributed by atoms with van der Waals surface area (Å²) in [5.74, 6) is 3.31. The molecule has 0 N–H and O–H groups in total. The fourth-order valence-electron chi connectivity index (χ4n) is 3.32. The summed E-state index contributed by atoms with van der Waals surface area (Å²) >= 11 is 1.94. The van der Waals surface area contributed by atoms with E-state index in [0.29, 0.717) is 6.61 Å². The van der Waals surface area contributed by atoms with E-state index in [0.717, 1.165) is 47.6 Å². The van der Waals surface area contributed by atoms with E-state index >= 15 is 0 Å². The third-order valence-electron chi connectivity index (χ3n) is 4.62. The molecule has 3 nitrogen and oxygen atoms in total. The SMILES string of the molecule is COc1cc(C(=O)C2CCOC3(CCSC3)C2)ccc1C. The highest BCUT2D eigenvalue weighted by Gasteiger charge is 2.42. The Morgan fingerprint density at radius 1 is 1.48 bits per heavy atom. The van der Waals surface area contributed by atoms with Gasteiger partial charge in [0.2, 0.25) is 0 Å². The minimum atomic E-state index is -0.0436. The molecule has 0 saturated carbocycles. The van der Waals surface area contributed by atoms with Crippen LogP contribution in [0.15, 0.2) is 18.2 Å². The minimum absolute atomic E-state index is 0.0436. The van der Waals surface area contributed by atoms with Gasteiger partial charge in [-0.2, -0.15) is 11.8 Å². The van der Waals surface area contributed by atoms with E-state index in [1.54, 1.807) is 7.11 Å². The van der Waals surface area contributed by atoms with E-state index in [-0.39, 0.29) is 17.3 Å². The number of hydrogen-bond acceptors (Lipinski definition) is 4. The molecule has 0 aliphatic carbocycles. The van der Waals surface area contributed by atoms with E-state index in [2.05, 4.69) is 0 Å². The second-order valence-corrected chi connectivity index (χ2v) is 7.18. The number of ether oxygens (including phenoxy) is 2. The molecule has 2 fully saturated rings. The topological polar surface area (TPSA) is 35.5 Å². The van der Waals surface area contributed by atoms with Gasteiger partial charge in [0.1, 0.15) is 5.75 Å². The largest absolute Gasteiger partial charge is 0.496 e. The lowest BCUT2D eigenvalue weighted by atomic mass is 9.81. The molecule has 2 unspecified atom stereocenters. The zero-order valence-electron chi connectivity index (χ0n) is 12.7. The molecule has 0 amide bonds. The van der Waals surface area contributed by atoms with Crippen LogP contribution in [-0.4, -0.2) is 36.6 Å². The first-order valence-corrected chi connectivity index (χ1v) is 8.70. The maximum Gasteiger partial charge on any atom is 0.166 e. The van der Waals surface area contributed by atoms with Crippen LogP contribution in [0.1, 0.15) is 35.2 Å². The molecule has 0 aromatic heterocycles. The number of benzene rings is 1. The average Bonchev–Trinajstić information content (AvgIpc) is 2.95. The van der Waals surface area contributed by atoms with Gasteiger partial charge >= 0.3 is 0 Å². The first kappa shape index (κ1) is 14.9. The van der Waals surface area contributed by atoms with Gasteiger partial charge in [-0.05, 0) is 43.6 Å². The van der Waals surface area contributed by atoms with Crippen molar-refractivity contribution in [3.05, 3.63) is 29.3 Å². The Morgan fingerprint density at radius 2 is 2.33 bits per heavy atom. The van der Waals surface area contributed by atoms with Crippen molar-refractivity contribution in [2.24, 2.45) is 5.92 Å². The highest BCUT2D eigenvalue weighted by atomic mass is 32.2. The van der Waals surface area contributed by atoms with Crippen LogP contribution in [0.2, 0.25) is 0 Å². The summed E-state index contributed by atoms with van der Waals surface area (Å²) in [5.41, 5.74) is 1.78. The molecule has 2 atom stereocenters. The number of ketones is 1. The molecule has 1 aromatic carbocycles. The van der Waals surface area contributed by atoms with Crippen LogP contribution in [0.3, 0.4) is 0 Å². The predicted octanol–water partition coefficient (Wildman–Crippen LogP) is 3.49. The number of Topliss-reactive ketones (excluding diaryl/α,β-unsaturated/α-hetero) is 1. The van der Waals surface area contributed by atoms with Crippen molar-refractivity contribution in [1.29, 1.82) is 0 Å². The third-order valence-corrected chi connectivity index (χ3v) is 5.85. The maximum atomic E-state index is 12.8. The van der Waals surface area contributed by atoms with E-state index < -0.39 is 0 Å². The lowest BCUT2D eigenvalue weighted by Gasteiger charge is -2.37. The summed E-state index contributed by atoms with van der Waals surface area (Å²) in [4.78, 5) is 12.8. The summed E-state index contributed by atoms with van der Waals surface area (Å²) in [6.45, 7) is 2.70. The third kappa shape index (κ3) is 2.97. The van der Waals surface area contributed by atoms with Crippen molar-refractivity contribution in [2.75, 3.05) is 25.2 Å². The normalized spacial score (nSPS) is 28.8. The van der Waals surface area contributed by atoms with Crippen molar-refractivity contribution >= 4 is 17.5 Å². The predicted molar refractivity (Wildman–Crippen MR) is 85.4 cm³/mol. The molecular weight excluding hydrogens is 284 g/mol. The highest BCUT2D eigenvalue weighted by molar-refractivity contribution is 7.99. The molecule has 4 heteroatoms. The Balaban J connectivity index is 1.78. The second kappa shape index (κ2) is 6.01. The smallest absolute Gasteiger partial charge is 0.166 e. The van der Waals surface area contributed by atoms with Crippen LogP contribution in [0, 0.1) is 12.8 Å². The van der Waals surface area contributed by atoms with Gasteiger partial charge in [-0.3, -0.25) is 4.79 Å². The number of thioether (sulfide) groups is 1. The summed E-state index contributed by atoms with van der Waals surface area (Å²) in [5, 5.41) is 0. The van der Waals surface area contributed by atoms with E-state index in [4.69, 9.17) is 9.47 Å². The van der Waals surface area contributed by atoms with Crippen LogP contribution in [0.25, 0.3) is 0 Å². The number of carbonyl (C=O) groups excluding carboxylic acids is 1. The van der Waals surface area contributed by atoms with E-state index in [1.807, 2.05) is 36.9 Å². The summed E-state index contributed by atoms with van der Waals surface area (Å²) in [7, 11) is 1.65. The molecular formula is C17H22O3S. The second-order valence-electron chi connectivity index (χ2n) is 6.07. The Labute approximate surface area is 130 Å². The van der Waals surface area contributed by atoms with Gasteiger partial charge < -0.3 is 9.47 Å². The van der Waals surface area contributed by atoms with Crippen LogP contribution >= 0.6 is 11.8 Å². The molecule has 3 rings (SSSR count). The average molecular weight is 306 g/mol. The number of methoxy groups -OCH3 is 1. The van der Waals surface area contributed by atoms with Crippen LogP contribution < -0.4 is 4.74 Å². The monoisotopic (exact) mass is 306 g/mol. The van der Waals surface area contributed by atoms with Gasteiger partial charge in [0.15, 0.2) is 5.78 Å². The molecule has 2 aliphatic rings. The summed E-state index contributed by atoms with van der Waals surface area (Å²) in [6, 6.07) is 5.77. The fraction of sp³-hybridized carbons (Fsp3) is 0.588. The highest BCUT2D eigenvalue weighted by Crippen LogP contribution is 2.41. The van der Waals surface area contributed by atoms with Gasteiger partial charge in [-0.15, -0.1) is 0 Å². The zero-order valence-corrected chi connectivity index (χ0v) is 13.5. The van der Waals surface area contributed by atoms with Gasteiger partial charge in [-0.25, -0.2) is 0 Å². The van der Waals surface area contributed by atoms with Crippen LogP contribution in [0.5, 0.6) is 5.75 Å². The molecule has 0 radical (unpaired) electrons. The van der Waals surface area contributed by atoms with Crippen LogP contribution in [0.4, 0.5) is 0 Å². The molecule has 21 heavy (non-hydrogen) atoms. The van der Waals surface area contributed by atoms with Crippen molar-refractivity contribution < 1.29 is 14.3 Å². The lowest BCUT2D eigenvalue weighted by Crippen LogP contribution is -2.42. The number of rotatable bonds is 3. The van der Waals surface area contributed by atoms with Gasteiger partial charge in [-0.1, -0.05) is 12.1 Å². The molecule has 2 aliphatic heterocycles. The number of hydrogen-bond donors (Lipinski definition) is 0. The molecule has 1 spiro atoms. The zero-order chi connectivity index (χ0) is 14.9. The number of carbonyl (C=O) groups is 1.